The standard InChI is InChI=1S/C33H34ClFN6O2S/c1-43-27-11-9-26(10-12-27)38-13-19-41(20-14-38)32(42)25-6-4-5-24(21-25)23-44-33-36-30(34)22-31(37-33)40-17-15-39(16-18-40)29-8-3-2-7-28(29)35/h2-12,21-22H,13-20,23H2,1H3. The highest BCUT2D eigenvalue weighted by atomic mass is 35.5. The van der Waals surface area contributed by atoms with Crippen molar-refractivity contribution in [3.05, 3.63) is 101 Å². The number of para-hydroxylation sites is 1. The Balaban J connectivity index is 1.04. The average molecular weight is 633 g/mol. The molecule has 3 heterocycles. The van der Waals surface area contributed by atoms with E-state index in [4.69, 9.17) is 21.3 Å². The van der Waals surface area contributed by atoms with Crippen molar-refractivity contribution in [2.75, 3.05) is 74.2 Å². The number of anilines is 3. The van der Waals surface area contributed by atoms with Gasteiger partial charge in [0, 0.05) is 75.4 Å². The Morgan fingerprint density at radius 2 is 1.55 bits per heavy atom. The van der Waals surface area contributed by atoms with Gasteiger partial charge in [-0.3, -0.25) is 4.79 Å². The molecule has 0 unspecified atom stereocenters. The van der Waals surface area contributed by atoms with Gasteiger partial charge in [0.2, 0.25) is 0 Å². The third kappa shape index (κ3) is 7.03. The fourth-order valence-electron chi connectivity index (χ4n) is 5.58. The number of benzene rings is 3. The number of carbonyl (C=O) groups is 1. The second kappa shape index (κ2) is 13.7. The molecule has 3 aromatic carbocycles. The van der Waals surface area contributed by atoms with Gasteiger partial charge in [-0.15, -0.1) is 0 Å². The number of piperazine rings is 2. The van der Waals surface area contributed by atoms with Crippen LogP contribution in [0.4, 0.5) is 21.6 Å². The van der Waals surface area contributed by atoms with E-state index in [-0.39, 0.29) is 11.7 Å². The van der Waals surface area contributed by atoms with Crippen LogP contribution in [-0.2, 0) is 5.75 Å². The quantitative estimate of drug-likeness (QED) is 0.136. The largest absolute Gasteiger partial charge is 0.497 e. The number of ether oxygens (including phenoxy) is 1. The fraction of sp³-hybridized carbons (Fsp3) is 0.303. The van der Waals surface area contributed by atoms with Crippen LogP contribution in [0.3, 0.4) is 0 Å². The van der Waals surface area contributed by atoms with Crippen molar-refractivity contribution in [3.8, 4) is 5.75 Å². The Kier molecular flexibility index (Phi) is 9.37. The van der Waals surface area contributed by atoms with Gasteiger partial charge in [-0.05, 0) is 54.1 Å². The highest BCUT2D eigenvalue weighted by molar-refractivity contribution is 7.98. The van der Waals surface area contributed by atoms with Crippen molar-refractivity contribution in [1.82, 2.24) is 14.9 Å². The number of rotatable bonds is 8. The summed E-state index contributed by atoms with van der Waals surface area (Å²) in [4.78, 5) is 31.0. The van der Waals surface area contributed by atoms with Gasteiger partial charge in [-0.2, -0.15) is 0 Å². The van der Waals surface area contributed by atoms with Crippen LogP contribution < -0.4 is 19.4 Å². The Labute approximate surface area is 266 Å². The molecule has 8 nitrogen and oxygen atoms in total. The van der Waals surface area contributed by atoms with E-state index < -0.39 is 0 Å². The second-order valence-corrected chi connectivity index (χ2v) is 12.1. The summed E-state index contributed by atoms with van der Waals surface area (Å²) in [6.07, 6.45) is 0. The zero-order valence-corrected chi connectivity index (χ0v) is 26.1. The van der Waals surface area contributed by atoms with Crippen LogP contribution >= 0.6 is 23.4 Å². The lowest BCUT2D eigenvalue weighted by atomic mass is 10.1. The summed E-state index contributed by atoms with van der Waals surface area (Å²) in [5.74, 6) is 2.04. The van der Waals surface area contributed by atoms with E-state index in [0.717, 1.165) is 35.9 Å². The molecule has 2 fully saturated rings. The van der Waals surface area contributed by atoms with Gasteiger partial charge in [-0.25, -0.2) is 14.4 Å². The third-order valence-electron chi connectivity index (χ3n) is 8.00. The first-order valence-corrected chi connectivity index (χ1v) is 16.0. The molecule has 1 amide bonds. The SMILES string of the molecule is COc1ccc(N2CCN(C(=O)c3cccc(CSc4nc(Cl)cc(N5CCN(c6ccccc6F)CC5)n4)c3)CC2)cc1. The molecule has 2 saturated heterocycles. The smallest absolute Gasteiger partial charge is 0.253 e. The number of nitrogens with zero attached hydrogens (tertiary/aromatic N) is 6. The Morgan fingerprint density at radius 3 is 2.27 bits per heavy atom. The molecule has 0 bridgehead atoms. The number of thioether (sulfide) groups is 1. The van der Waals surface area contributed by atoms with E-state index in [1.54, 1.807) is 19.2 Å². The summed E-state index contributed by atoms with van der Waals surface area (Å²) in [7, 11) is 1.66. The number of aromatic nitrogens is 2. The molecule has 11 heteroatoms. The lowest BCUT2D eigenvalue weighted by molar-refractivity contribution is 0.0746. The number of amides is 1. The van der Waals surface area contributed by atoms with E-state index in [0.29, 0.717) is 66.6 Å². The van der Waals surface area contributed by atoms with Gasteiger partial charge in [0.05, 0.1) is 12.8 Å². The van der Waals surface area contributed by atoms with Crippen molar-refractivity contribution in [3.63, 3.8) is 0 Å². The number of hydrogen-bond donors (Lipinski definition) is 0. The molecule has 44 heavy (non-hydrogen) atoms. The molecule has 4 aromatic rings. The summed E-state index contributed by atoms with van der Waals surface area (Å²) >= 11 is 7.89. The predicted octanol–water partition coefficient (Wildman–Crippen LogP) is 5.86. The van der Waals surface area contributed by atoms with Crippen molar-refractivity contribution >= 4 is 46.5 Å². The minimum absolute atomic E-state index is 0.0436. The molecule has 0 aliphatic carbocycles. The summed E-state index contributed by atoms with van der Waals surface area (Å²) in [6, 6.07) is 24.4. The molecule has 0 radical (unpaired) electrons. The number of carbonyl (C=O) groups excluding carboxylic acids is 1. The first-order chi connectivity index (χ1) is 21.5. The van der Waals surface area contributed by atoms with Crippen molar-refractivity contribution in [2.45, 2.75) is 10.9 Å². The van der Waals surface area contributed by atoms with Crippen molar-refractivity contribution in [1.29, 1.82) is 0 Å². The molecule has 0 spiro atoms. The minimum atomic E-state index is -0.206. The molecule has 0 saturated carbocycles. The molecule has 6 rings (SSSR count). The highest BCUT2D eigenvalue weighted by Crippen LogP contribution is 2.28. The molecular weight excluding hydrogens is 599 g/mol. The molecule has 2 aliphatic rings. The van der Waals surface area contributed by atoms with Gasteiger partial charge in [0.1, 0.15) is 22.5 Å². The number of hydrogen-bond acceptors (Lipinski definition) is 8. The van der Waals surface area contributed by atoms with E-state index in [1.165, 1.54) is 17.8 Å². The van der Waals surface area contributed by atoms with Crippen molar-refractivity contribution < 1.29 is 13.9 Å². The van der Waals surface area contributed by atoms with E-state index in [1.807, 2.05) is 53.4 Å². The number of halogens is 2. The first kappa shape index (κ1) is 30.0. The maximum Gasteiger partial charge on any atom is 0.253 e. The first-order valence-electron chi connectivity index (χ1n) is 14.7. The van der Waals surface area contributed by atoms with Gasteiger partial charge in [0.25, 0.3) is 5.91 Å². The molecule has 1 aromatic heterocycles. The maximum absolute atomic E-state index is 14.3. The molecule has 0 N–H and O–H groups in total. The second-order valence-electron chi connectivity index (χ2n) is 10.7. The monoisotopic (exact) mass is 632 g/mol. The highest BCUT2D eigenvalue weighted by Gasteiger charge is 2.24. The van der Waals surface area contributed by atoms with Crippen molar-refractivity contribution in [2.24, 2.45) is 0 Å². The van der Waals surface area contributed by atoms with Crippen LogP contribution in [0.15, 0.2) is 84.0 Å². The summed E-state index contributed by atoms with van der Waals surface area (Å²) in [6.45, 7) is 5.65. The topological polar surface area (TPSA) is 65.0 Å². The fourth-order valence-corrected chi connectivity index (χ4v) is 6.61. The predicted molar refractivity (Wildman–Crippen MR) is 175 cm³/mol. The van der Waals surface area contributed by atoms with Crippen LogP contribution in [0.1, 0.15) is 15.9 Å². The minimum Gasteiger partial charge on any atom is -0.497 e. The molecular formula is C33H34ClFN6O2S. The zero-order valence-electron chi connectivity index (χ0n) is 24.5. The van der Waals surface area contributed by atoms with Crippen LogP contribution in [0.25, 0.3) is 0 Å². The van der Waals surface area contributed by atoms with E-state index in [2.05, 4.69) is 31.8 Å². The molecule has 228 valence electrons. The lowest BCUT2D eigenvalue weighted by Crippen LogP contribution is -2.48. The van der Waals surface area contributed by atoms with Gasteiger partial charge in [0.15, 0.2) is 5.16 Å². The van der Waals surface area contributed by atoms with E-state index in [9.17, 15) is 9.18 Å². The van der Waals surface area contributed by atoms with Crippen LogP contribution in [0.5, 0.6) is 5.75 Å². The lowest BCUT2D eigenvalue weighted by Gasteiger charge is -2.36. The normalized spacial score (nSPS) is 15.4. The van der Waals surface area contributed by atoms with Gasteiger partial charge in [-0.1, -0.05) is 47.6 Å². The van der Waals surface area contributed by atoms with Crippen LogP contribution in [0, 0.1) is 5.82 Å². The average Bonchev–Trinajstić information content (AvgIpc) is 3.07. The maximum atomic E-state index is 14.3. The molecule has 2 aliphatic heterocycles. The van der Waals surface area contributed by atoms with Crippen LogP contribution in [-0.4, -0.2) is 80.2 Å². The number of methoxy groups -OCH3 is 1. The van der Waals surface area contributed by atoms with E-state index >= 15 is 0 Å². The summed E-state index contributed by atoms with van der Waals surface area (Å²) < 4.78 is 19.5. The summed E-state index contributed by atoms with van der Waals surface area (Å²) in [5.41, 5.74) is 3.46. The Morgan fingerprint density at radius 1 is 0.841 bits per heavy atom. The van der Waals surface area contributed by atoms with Gasteiger partial charge < -0.3 is 24.3 Å². The zero-order chi connectivity index (χ0) is 30.5. The van der Waals surface area contributed by atoms with Gasteiger partial charge >= 0.3 is 0 Å². The van der Waals surface area contributed by atoms with Crippen LogP contribution in [0.2, 0.25) is 5.15 Å². The third-order valence-corrected chi connectivity index (χ3v) is 9.12. The summed E-state index contributed by atoms with van der Waals surface area (Å²) in [5, 5.41) is 0.960. The Hall–Kier alpha value is -4.02. The Bertz CT molecular complexity index is 1590. The molecule has 0 atom stereocenters.